The van der Waals surface area contributed by atoms with Gasteiger partial charge in [-0.05, 0) is 63.2 Å². The van der Waals surface area contributed by atoms with Crippen molar-refractivity contribution >= 4 is 7.82 Å². The second kappa shape index (κ2) is 28.4. The molecular formula is C59H63O13P. The molecule has 1 saturated carbocycles. The van der Waals surface area contributed by atoms with E-state index in [0.29, 0.717) is 11.5 Å². The molecule has 7 aromatic carbocycles. The van der Waals surface area contributed by atoms with E-state index in [1.165, 1.54) is 0 Å². The minimum absolute atomic E-state index is 0.0572. The van der Waals surface area contributed by atoms with Crippen molar-refractivity contribution in [1.82, 2.24) is 0 Å². The van der Waals surface area contributed by atoms with Gasteiger partial charge in [-0.1, -0.05) is 176 Å². The highest BCUT2D eigenvalue weighted by Gasteiger charge is 2.57. The van der Waals surface area contributed by atoms with Crippen LogP contribution in [0.1, 0.15) is 38.9 Å². The van der Waals surface area contributed by atoms with Gasteiger partial charge in [-0.2, -0.15) is 0 Å². The summed E-state index contributed by atoms with van der Waals surface area (Å²) >= 11 is 0. The fourth-order valence-corrected chi connectivity index (χ4v) is 9.56. The van der Waals surface area contributed by atoms with Crippen LogP contribution in [-0.2, 0) is 97.5 Å². The number of rotatable bonds is 29. The summed E-state index contributed by atoms with van der Waals surface area (Å²) in [6.07, 6.45) is -6.51. The lowest BCUT2D eigenvalue weighted by molar-refractivity contribution is -0.297. The number of ether oxygens (including phenoxy) is 9. The first-order chi connectivity index (χ1) is 35.9. The standard InChI is InChI=1S/C59H63O13P/c1-61-52-32-28-50(29-33-52)39-65-54-55(68-43-63-36-45-18-8-3-9-19-45)57(66-38-47-22-12-5-13-23-47)59(72-73(60,70-41-48-24-14-6-15-25-48)71-42-49-26-16-7-17-27-49)58(67-40-51-30-34-53(62-2)35-31-51)56(54)69-44-64-37-46-20-10-4-11-21-46/h3-35,54-59H,36-44H2,1-2H3/t54-,55-,56+,57-,58-,59-/m0/s1. The predicted octanol–water partition coefficient (Wildman–Crippen LogP) is 11.8. The maximum absolute atomic E-state index is 15.7. The first-order valence-corrected chi connectivity index (χ1v) is 25.7. The Morgan fingerprint density at radius 2 is 0.589 bits per heavy atom. The van der Waals surface area contributed by atoms with Crippen LogP contribution in [0.4, 0.5) is 0 Å². The minimum atomic E-state index is -4.59. The van der Waals surface area contributed by atoms with Gasteiger partial charge >= 0.3 is 7.82 Å². The molecule has 13 nitrogen and oxygen atoms in total. The van der Waals surface area contributed by atoms with Crippen LogP contribution in [0.2, 0.25) is 0 Å². The Balaban J connectivity index is 1.22. The van der Waals surface area contributed by atoms with Crippen LogP contribution >= 0.6 is 7.82 Å². The lowest BCUT2D eigenvalue weighted by atomic mass is 9.84. The van der Waals surface area contributed by atoms with E-state index in [9.17, 15) is 0 Å². The van der Waals surface area contributed by atoms with Gasteiger partial charge in [0.05, 0.1) is 60.5 Å². The highest BCUT2D eigenvalue weighted by atomic mass is 31.2. The van der Waals surface area contributed by atoms with E-state index in [1.807, 2.05) is 200 Å². The zero-order valence-corrected chi connectivity index (χ0v) is 42.0. The monoisotopic (exact) mass is 1010 g/mol. The van der Waals surface area contributed by atoms with E-state index >= 15 is 4.57 Å². The van der Waals surface area contributed by atoms with Crippen molar-refractivity contribution < 1.29 is 60.8 Å². The molecule has 1 fully saturated rings. The third kappa shape index (κ3) is 16.5. The fraction of sp³-hybridized carbons (Fsp3) is 0.288. The molecule has 382 valence electrons. The molecule has 0 saturated heterocycles. The molecule has 0 unspecified atom stereocenters. The molecule has 73 heavy (non-hydrogen) atoms. The number of phosphoric ester groups is 1. The van der Waals surface area contributed by atoms with Gasteiger partial charge < -0.3 is 42.6 Å². The smallest absolute Gasteiger partial charge is 0.475 e. The molecule has 0 N–H and O–H groups in total. The van der Waals surface area contributed by atoms with Crippen molar-refractivity contribution in [1.29, 1.82) is 0 Å². The molecule has 6 atom stereocenters. The molecule has 0 radical (unpaired) electrons. The number of hydrogen-bond acceptors (Lipinski definition) is 13. The van der Waals surface area contributed by atoms with E-state index in [-0.39, 0.29) is 59.8 Å². The maximum Gasteiger partial charge on any atom is 0.475 e. The van der Waals surface area contributed by atoms with Crippen LogP contribution in [0.5, 0.6) is 11.5 Å². The third-order valence-electron chi connectivity index (χ3n) is 12.1. The average Bonchev–Trinajstić information content (AvgIpc) is 3.45. The highest BCUT2D eigenvalue weighted by molar-refractivity contribution is 7.48. The summed E-state index contributed by atoms with van der Waals surface area (Å²) in [6.45, 7) is 0.204. The highest BCUT2D eigenvalue weighted by Crippen LogP contribution is 2.54. The van der Waals surface area contributed by atoms with Gasteiger partial charge in [0.2, 0.25) is 0 Å². The predicted molar refractivity (Wildman–Crippen MR) is 275 cm³/mol. The lowest BCUT2D eigenvalue weighted by Crippen LogP contribution is -2.67. The van der Waals surface area contributed by atoms with Gasteiger partial charge in [0, 0.05) is 0 Å². The minimum Gasteiger partial charge on any atom is -0.497 e. The number of hydrogen-bond donors (Lipinski definition) is 0. The van der Waals surface area contributed by atoms with Crippen LogP contribution in [0.15, 0.2) is 200 Å². The molecular weight excluding hydrogens is 948 g/mol. The van der Waals surface area contributed by atoms with Crippen LogP contribution in [0.3, 0.4) is 0 Å². The van der Waals surface area contributed by atoms with Crippen molar-refractivity contribution in [3.8, 4) is 11.5 Å². The summed E-state index contributed by atoms with van der Waals surface area (Å²) < 4.78 is 93.4. The Morgan fingerprint density at radius 3 is 0.918 bits per heavy atom. The summed E-state index contributed by atoms with van der Waals surface area (Å²) in [4.78, 5) is 0. The summed E-state index contributed by atoms with van der Waals surface area (Å²) in [5, 5.41) is 0. The number of phosphoric acid groups is 1. The Morgan fingerprint density at radius 1 is 0.315 bits per heavy atom. The Kier molecular flexibility index (Phi) is 20.7. The molecule has 0 spiro atoms. The molecule has 0 bridgehead atoms. The van der Waals surface area contributed by atoms with Crippen molar-refractivity contribution in [3.63, 3.8) is 0 Å². The zero-order chi connectivity index (χ0) is 50.3. The molecule has 8 rings (SSSR count). The van der Waals surface area contributed by atoms with Gasteiger partial charge in [-0.15, -0.1) is 0 Å². The van der Waals surface area contributed by atoms with Crippen LogP contribution in [-0.4, -0.2) is 64.4 Å². The van der Waals surface area contributed by atoms with E-state index in [4.69, 9.17) is 56.2 Å². The summed E-state index contributed by atoms with van der Waals surface area (Å²) in [5.41, 5.74) is 5.94. The van der Waals surface area contributed by atoms with Crippen LogP contribution in [0, 0.1) is 0 Å². The van der Waals surface area contributed by atoms with Gasteiger partial charge in [-0.25, -0.2) is 4.57 Å². The second-order valence-corrected chi connectivity index (χ2v) is 18.8. The van der Waals surface area contributed by atoms with Gasteiger partial charge in [-0.3, -0.25) is 13.6 Å². The average molecular weight is 1010 g/mol. The Hall–Kier alpha value is -6.03. The fourth-order valence-electron chi connectivity index (χ4n) is 8.21. The number of benzene rings is 7. The van der Waals surface area contributed by atoms with E-state index in [1.54, 1.807) is 14.2 Å². The molecule has 0 amide bonds. The largest absolute Gasteiger partial charge is 0.497 e. The van der Waals surface area contributed by atoms with E-state index in [2.05, 4.69) is 0 Å². The first-order valence-electron chi connectivity index (χ1n) is 24.2. The Labute approximate surface area is 428 Å². The van der Waals surface area contributed by atoms with Gasteiger partial charge in [0.25, 0.3) is 0 Å². The van der Waals surface area contributed by atoms with Crippen molar-refractivity contribution in [2.24, 2.45) is 0 Å². The molecule has 1 aliphatic carbocycles. The van der Waals surface area contributed by atoms with Gasteiger partial charge in [0.1, 0.15) is 61.7 Å². The Bertz CT molecular complexity index is 2600. The quantitative estimate of drug-likeness (QED) is 0.0251. The second-order valence-electron chi connectivity index (χ2n) is 17.2. The van der Waals surface area contributed by atoms with E-state index in [0.717, 1.165) is 38.9 Å². The van der Waals surface area contributed by atoms with Crippen molar-refractivity contribution in [2.45, 2.75) is 82.9 Å². The van der Waals surface area contributed by atoms with Crippen molar-refractivity contribution in [2.75, 3.05) is 27.8 Å². The topological polar surface area (TPSA) is 128 Å². The molecule has 14 heteroatoms. The normalized spacial score (nSPS) is 18.8. The molecule has 0 aromatic heterocycles. The first kappa shape index (κ1) is 53.3. The summed E-state index contributed by atoms with van der Waals surface area (Å²) in [5.74, 6) is 1.38. The lowest BCUT2D eigenvalue weighted by Gasteiger charge is -2.49. The molecule has 1 aliphatic rings. The maximum atomic E-state index is 15.7. The zero-order valence-electron chi connectivity index (χ0n) is 41.1. The summed E-state index contributed by atoms with van der Waals surface area (Å²) in [7, 11) is -1.35. The van der Waals surface area contributed by atoms with Crippen LogP contribution < -0.4 is 9.47 Å². The molecule has 0 heterocycles. The SMILES string of the molecule is COc1ccc(CO[C@@H]2[C@@H](OCOCc3ccccc3)[C@H](OCc3ccc(OC)cc3)[C@@H](OP(=O)(OCc3ccccc3)OCc3ccccc3)[C@@H](OCc3ccccc3)[C@H]2OCOCc2ccccc2)cc1. The van der Waals surface area contributed by atoms with E-state index < -0.39 is 44.4 Å². The third-order valence-corrected chi connectivity index (χ3v) is 13.4. The number of methoxy groups -OCH3 is 2. The summed E-state index contributed by atoms with van der Waals surface area (Å²) in [6, 6.07) is 63.2. The van der Waals surface area contributed by atoms with Gasteiger partial charge in [0.15, 0.2) is 0 Å². The molecule has 0 aliphatic heterocycles. The van der Waals surface area contributed by atoms with Crippen molar-refractivity contribution in [3.05, 3.63) is 239 Å². The van der Waals surface area contributed by atoms with Crippen LogP contribution in [0.25, 0.3) is 0 Å². The molecule has 7 aromatic rings.